The molecule has 6 nitrogen and oxygen atoms in total. The largest absolute Gasteiger partial charge is 0.481 e. The van der Waals surface area contributed by atoms with E-state index in [1.54, 1.807) is 38.1 Å². The van der Waals surface area contributed by atoms with Gasteiger partial charge in [0.2, 0.25) is 5.95 Å². The Morgan fingerprint density at radius 1 is 1.53 bits per heavy atom. The van der Waals surface area contributed by atoms with Gasteiger partial charge in [0.05, 0.1) is 0 Å². The minimum absolute atomic E-state index is 0.226. The van der Waals surface area contributed by atoms with Crippen molar-refractivity contribution in [1.82, 2.24) is 15.2 Å². The number of aromatic nitrogens is 3. The summed E-state index contributed by atoms with van der Waals surface area (Å²) in [5.41, 5.74) is 0. The van der Waals surface area contributed by atoms with Gasteiger partial charge < -0.3 is 4.74 Å². The van der Waals surface area contributed by atoms with E-state index in [1.807, 2.05) is 0 Å². The second-order valence-electron chi connectivity index (χ2n) is 3.95. The van der Waals surface area contributed by atoms with Crippen LogP contribution in [0.5, 0.6) is 5.75 Å². The summed E-state index contributed by atoms with van der Waals surface area (Å²) < 4.78 is 5.47. The predicted molar refractivity (Wildman–Crippen MR) is 71.3 cm³/mol. The number of amides is 1. The van der Waals surface area contributed by atoms with Crippen molar-refractivity contribution in [2.75, 3.05) is 5.32 Å². The Morgan fingerprint density at radius 2 is 2.32 bits per heavy atom. The van der Waals surface area contributed by atoms with Gasteiger partial charge in [0.1, 0.15) is 11.6 Å². The highest BCUT2D eigenvalue weighted by molar-refractivity contribution is 6.30. The number of H-pyrrole nitrogens is 1. The lowest BCUT2D eigenvalue weighted by Crippen LogP contribution is -2.30. The van der Waals surface area contributed by atoms with E-state index in [0.717, 1.165) is 0 Å². The Bertz CT molecular complexity index is 585. The Morgan fingerprint density at radius 3 is 2.95 bits per heavy atom. The van der Waals surface area contributed by atoms with Crippen molar-refractivity contribution in [3.8, 4) is 5.75 Å². The van der Waals surface area contributed by atoms with Crippen LogP contribution in [0.15, 0.2) is 24.3 Å². The second kappa shape index (κ2) is 5.71. The van der Waals surface area contributed by atoms with Crippen LogP contribution in [-0.2, 0) is 4.79 Å². The number of anilines is 1. The molecular formula is C12H13ClN4O2. The molecule has 1 heterocycles. The number of hydrogen-bond acceptors (Lipinski definition) is 4. The van der Waals surface area contributed by atoms with Crippen LogP contribution < -0.4 is 10.1 Å². The fourth-order valence-electron chi connectivity index (χ4n) is 1.41. The summed E-state index contributed by atoms with van der Waals surface area (Å²) in [6.07, 6.45) is -0.683. The first-order chi connectivity index (χ1) is 9.04. The zero-order chi connectivity index (χ0) is 13.8. The molecule has 1 aromatic carbocycles. The lowest BCUT2D eigenvalue weighted by atomic mass is 10.3. The van der Waals surface area contributed by atoms with Crippen LogP contribution in [0.4, 0.5) is 5.95 Å². The molecule has 1 aromatic heterocycles. The van der Waals surface area contributed by atoms with Gasteiger partial charge in [0, 0.05) is 5.02 Å². The predicted octanol–water partition coefficient (Wildman–Crippen LogP) is 2.17. The average molecular weight is 281 g/mol. The van der Waals surface area contributed by atoms with Crippen LogP contribution in [0.2, 0.25) is 5.02 Å². The number of ether oxygens (including phenoxy) is 1. The van der Waals surface area contributed by atoms with Crippen LogP contribution >= 0.6 is 11.6 Å². The molecule has 0 saturated carbocycles. The van der Waals surface area contributed by atoms with Crippen LogP contribution in [0.3, 0.4) is 0 Å². The van der Waals surface area contributed by atoms with Crippen LogP contribution in [0.25, 0.3) is 0 Å². The fraction of sp³-hybridized carbons (Fsp3) is 0.250. The molecule has 0 aliphatic carbocycles. The maximum Gasteiger partial charge on any atom is 0.267 e. The number of halogens is 1. The maximum absolute atomic E-state index is 11.8. The van der Waals surface area contributed by atoms with Gasteiger partial charge in [-0.15, -0.1) is 5.10 Å². The quantitative estimate of drug-likeness (QED) is 0.899. The van der Waals surface area contributed by atoms with Crippen LogP contribution in [0.1, 0.15) is 12.7 Å². The van der Waals surface area contributed by atoms with E-state index in [1.165, 1.54) is 0 Å². The first-order valence-corrected chi connectivity index (χ1v) is 6.04. The van der Waals surface area contributed by atoms with Gasteiger partial charge in [-0.25, -0.2) is 0 Å². The highest BCUT2D eigenvalue weighted by atomic mass is 35.5. The molecule has 0 bridgehead atoms. The molecule has 2 N–H and O–H groups in total. The lowest BCUT2D eigenvalue weighted by Gasteiger charge is -2.13. The van der Waals surface area contributed by atoms with Crippen molar-refractivity contribution in [2.45, 2.75) is 20.0 Å². The third-order valence-corrected chi connectivity index (χ3v) is 2.55. The highest BCUT2D eigenvalue weighted by Crippen LogP contribution is 2.18. The summed E-state index contributed by atoms with van der Waals surface area (Å²) in [6, 6.07) is 6.85. The first kappa shape index (κ1) is 13.4. The number of hydrogen-bond donors (Lipinski definition) is 2. The molecule has 0 aliphatic rings. The second-order valence-corrected chi connectivity index (χ2v) is 4.39. The van der Waals surface area contributed by atoms with Gasteiger partial charge in [-0.1, -0.05) is 17.7 Å². The molecule has 1 amide bonds. The van der Waals surface area contributed by atoms with E-state index in [4.69, 9.17) is 16.3 Å². The molecule has 2 rings (SSSR count). The third-order valence-electron chi connectivity index (χ3n) is 2.31. The minimum atomic E-state index is -0.683. The topological polar surface area (TPSA) is 79.9 Å². The zero-order valence-electron chi connectivity index (χ0n) is 10.5. The number of aromatic amines is 1. The van der Waals surface area contributed by atoms with Crippen molar-refractivity contribution in [3.05, 3.63) is 35.1 Å². The number of nitrogens with one attached hydrogen (secondary N) is 2. The van der Waals surface area contributed by atoms with E-state index < -0.39 is 6.10 Å². The Balaban J connectivity index is 1.96. The smallest absolute Gasteiger partial charge is 0.267 e. The van der Waals surface area contributed by atoms with E-state index >= 15 is 0 Å². The summed E-state index contributed by atoms with van der Waals surface area (Å²) in [6.45, 7) is 3.38. The summed E-state index contributed by atoms with van der Waals surface area (Å²) >= 11 is 5.84. The van der Waals surface area contributed by atoms with Gasteiger partial charge in [-0.2, -0.15) is 4.98 Å². The molecule has 7 heteroatoms. The van der Waals surface area contributed by atoms with Crippen molar-refractivity contribution < 1.29 is 9.53 Å². The molecule has 0 saturated heterocycles. The first-order valence-electron chi connectivity index (χ1n) is 5.66. The number of rotatable bonds is 4. The van der Waals surface area contributed by atoms with E-state index in [0.29, 0.717) is 16.6 Å². The average Bonchev–Trinajstić information content (AvgIpc) is 2.74. The molecule has 0 spiro atoms. The molecule has 0 aliphatic heterocycles. The number of carbonyl (C=O) groups excluding carboxylic acids is 1. The zero-order valence-corrected chi connectivity index (χ0v) is 11.2. The molecule has 19 heavy (non-hydrogen) atoms. The Hall–Kier alpha value is -2.08. The van der Waals surface area contributed by atoms with Crippen LogP contribution in [0, 0.1) is 6.92 Å². The number of nitrogens with zero attached hydrogens (tertiary/aromatic N) is 2. The highest BCUT2D eigenvalue weighted by Gasteiger charge is 2.16. The number of aryl methyl sites for hydroxylation is 1. The number of benzene rings is 1. The van der Waals surface area contributed by atoms with Gasteiger partial charge >= 0.3 is 0 Å². The lowest BCUT2D eigenvalue weighted by molar-refractivity contribution is -0.122. The van der Waals surface area contributed by atoms with Gasteiger partial charge in [0.15, 0.2) is 6.10 Å². The van der Waals surface area contributed by atoms with Gasteiger partial charge in [-0.3, -0.25) is 15.2 Å². The van der Waals surface area contributed by atoms with E-state index in [9.17, 15) is 4.79 Å². The van der Waals surface area contributed by atoms with E-state index in [2.05, 4.69) is 20.5 Å². The summed E-state index contributed by atoms with van der Waals surface area (Å²) in [4.78, 5) is 15.8. The molecule has 100 valence electrons. The molecule has 0 radical (unpaired) electrons. The Labute approximate surface area is 115 Å². The summed E-state index contributed by atoms with van der Waals surface area (Å²) in [5.74, 6) is 1.04. The van der Waals surface area contributed by atoms with Crippen molar-refractivity contribution in [2.24, 2.45) is 0 Å². The Kier molecular flexibility index (Phi) is 4.01. The van der Waals surface area contributed by atoms with Gasteiger partial charge in [-0.05, 0) is 32.0 Å². The standard InChI is InChI=1S/C12H13ClN4O2/c1-7(19-10-5-3-4-9(13)6-10)11(18)15-12-14-8(2)16-17-12/h3-7H,1-2H3,(H2,14,15,16,17,18). The van der Waals surface area contributed by atoms with Crippen molar-refractivity contribution >= 4 is 23.5 Å². The minimum Gasteiger partial charge on any atom is -0.481 e. The SMILES string of the molecule is Cc1nc(NC(=O)C(C)Oc2cccc(Cl)c2)n[nH]1. The molecule has 1 atom stereocenters. The molecule has 2 aromatic rings. The van der Waals surface area contributed by atoms with Gasteiger partial charge in [0.25, 0.3) is 5.91 Å². The molecule has 0 fully saturated rings. The van der Waals surface area contributed by atoms with E-state index in [-0.39, 0.29) is 11.9 Å². The monoisotopic (exact) mass is 280 g/mol. The fourth-order valence-corrected chi connectivity index (χ4v) is 1.59. The summed E-state index contributed by atoms with van der Waals surface area (Å²) in [7, 11) is 0. The normalized spacial score (nSPS) is 11.9. The van der Waals surface area contributed by atoms with Crippen molar-refractivity contribution in [3.63, 3.8) is 0 Å². The molecule has 1 unspecified atom stereocenters. The summed E-state index contributed by atoms with van der Waals surface area (Å²) in [5, 5.41) is 9.55. The number of carbonyl (C=O) groups is 1. The van der Waals surface area contributed by atoms with Crippen LogP contribution in [-0.4, -0.2) is 27.2 Å². The maximum atomic E-state index is 11.8. The molecular weight excluding hydrogens is 268 g/mol. The van der Waals surface area contributed by atoms with Crippen molar-refractivity contribution in [1.29, 1.82) is 0 Å². The third kappa shape index (κ3) is 3.69.